The highest BCUT2D eigenvalue weighted by atomic mass is 32.2. The Kier molecular flexibility index (Phi) is 8.82. The van der Waals surface area contributed by atoms with E-state index in [4.69, 9.17) is 18.9 Å². The number of aromatic amines is 1. The summed E-state index contributed by atoms with van der Waals surface area (Å²) in [6.07, 6.45) is 0.738. The van der Waals surface area contributed by atoms with E-state index in [9.17, 15) is 24.0 Å². The number of ether oxygens (including phenoxy) is 4. The lowest BCUT2D eigenvalue weighted by Crippen LogP contribution is -2.42. The molecule has 3 aromatic carbocycles. The van der Waals surface area contributed by atoms with Crippen LogP contribution in [0, 0.1) is 29.6 Å². The number of carbonyl (C=O) groups excluding carboxylic acids is 4. The van der Waals surface area contributed by atoms with Gasteiger partial charge < -0.3 is 29.2 Å². The van der Waals surface area contributed by atoms with Crippen LogP contribution >= 0.6 is 23.1 Å². The third kappa shape index (κ3) is 5.64. The Bertz CT molecular complexity index is 2130. The summed E-state index contributed by atoms with van der Waals surface area (Å²) in [5.74, 6) is -1.12. The van der Waals surface area contributed by atoms with Gasteiger partial charge in [0.25, 0.3) is 5.91 Å². The summed E-state index contributed by atoms with van der Waals surface area (Å²) in [6.45, 7) is 1.72. The first-order valence-corrected chi connectivity index (χ1v) is 18.7. The summed E-state index contributed by atoms with van der Waals surface area (Å²) in [6, 6.07) is 18.9. The molecular formula is C38H35N3O9S2. The quantitative estimate of drug-likeness (QED) is 0.161. The van der Waals surface area contributed by atoms with Crippen molar-refractivity contribution < 1.29 is 38.1 Å². The zero-order valence-electron chi connectivity index (χ0n) is 28.5. The van der Waals surface area contributed by atoms with Crippen molar-refractivity contribution in [1.82, 2.24) is 4.98 Å². The second-order valence-corrected chi connectivity index (χ2v) is 15.4. The summed E-state index contributed by atoms with van der Waals surface area (Å²) in [5, 5.41) is 3.59. The Balaban J connectivity index is 1.05. The van der Waals surface area contributed by atoms with Gasteiger partial charge in [0.1, 0.15) is 5.75 Å². The van der Waals surface area contributed by atoms with Gasteiger partial charge in [-0.2, -0.15) is 0 Å². The van der Waals surface area contributed by atoms with Crippen molar-refractivity contribution in [3.05, 3.63) is 92.4 Å². The van der Waals surface area contributed by atoms with E-state index in [-0.39, 0.29) is 64.7 Å². The van der Waals surface area contributed by atoms with Crippen LogP contribution in [0.2, 0.25) is 0 Å². The first kappa shape index (κ1) is 34.0. The zero-order chi connectivity index (χ0) is 36.3. The van der Waals surface area contributed by atoms with Crippen molar-refractivity contribution >= 4 is 58.2 Å². The first-order chi connectivity index (χ1) is 25.2. The van der Waals surface area contributed by atoms with Crippen molar-refractivity contribution in [3.8, 4) is 17.2 Å². The molecule has 0 radical (unpaired) electrons. The third-order valence-electron chi connectivity index (χ3n) is 10.6. The van der Waals surface area contributed by atoms with Crippen molar-refractivity contribution in [1.29, 1.82) is 0 Å². The lowest BCUT2D eigenvalue weighted by Gasteiger charge is -2.43. The van der Waals surface area contributed by atoms with Crippen LogP contribution in [0.25, 0.3) is 0 Å². The van der Waals surface area contributed by atoms with Crippen LogP contribution in [-0.2, 0) is 19.1 Å². The van der Waals surface area contributed by atoms with Gasteiger partial charge in [-0.25, -0.2) is 4.79 Å². The Labute approximate surface area is 306 Å². The number of amides is 3. The lowest BCUT2D eigenvalue weighted by molar-refractivity contribution is -0.123. The van der Waals surface area contributed by atoms with Gasteiger partial charge >= 0.3 is 10.8 Å². The molecule has 2 N–H and O–H groups in total. The molecule has 2 saturated carbocycles. The number of benzene rings is 3. The van der Waals surface area contributed by atoms with Crippen molar-refractivity contribution in [2.45, 2.75) is 29.5 Å². The molecule has 2 bridgehead atoms. The molecule has 1 aromatic heterocycles. The van der Waals surface area contributed by atoms with Gasteiger partial charge in [-0.15, -0.1) is 11.8 Å². The minimum Gasteiger partial charge on any atom is -0.497 e. The number of carbonyl (C=O) groups is 4. The van der Waals surface area contributed by atoms with Gasteiger partial charge in [0.15, 0.2) is 18.1 Å². The molecule has 3 heterocycles. The van der Waals surface area contributed by atoms with Gasteiger partial charge in [-0.05, 0) is 97.3 Å². The fraction of sp³-hybridized carbons (Fsp3) is 0.342. The smallest absolute Gasteiger partial charge is 0.338 e. The highest BCUT2D eigenvalue weighted by Gasteiger charge is 2.69. The minimum absolute atomic E-state index is 0.000428. The van der Waals surface area contributed by atoms with Crippen molar-refractivity contribution in [2.24, 2.45) is 29.6 Å². The molecule has 0 spiro atoms. The normalized spacial score (nSPS) is 25.3. The number of rotatable bonds is 10. The van der Waals surface area contributed by atoms with Crippen LogP contribution in [0.5, 0.6) is 17.2 Å². The molecule has 2 aliphatic carbocycles. The molecular weight excluding hydrogens is 707 g/mol. The molecule has 6 unspecified atom stereocenters. The Morgan fingerprint density at radius 3 is 2.33 bits per heavy atom. The topological polar surface area (TPSA) is 153 Å². The number of hydrogen-bond acceptors (Lipinski definition) is 11. The van der Waals surface area contributed by atoms with Gasteiger partial charge in [0.05, 0.1) is 48.9 Å². The van der Waals surface area contributed by atoms with Crippen molar-refractivity contribution in [3.63, 3.8) is 0 Å². The maximum atomic E-state index is 14.2. The van der Waals surface area contributed by atoms with E-state index >= 15 is 0 Å². The SMILES string of the molecule is CCOC(=O)c1ccc(N2C(=O)C3C4CC(C3C2=O)C2C4Sc3[nH]c(=O)sc3[C@@H]2c2ccc(OCC(=O)Nc3ccc(OC)cc3)c(OC)c2)cc1. The molecule has 14 heteroatoms. The van der Waals surface area contributed by atoms with Gasteiger partial charge in [0, 0.05) is 21.7 Å². The van der Waals surface area contributed by atoms with Crippen LogP contribution < -0.4 is 29.3 Å². The largest absolute Gasteiger partial charge is 0.497 e. The number of methoxy groups -OCH3 is 2. The Hall–Kier alpha value is -5.08. The summed E-state index contributed by atoms with van der Waals surface area (Å²) < 4.78 is 21.9. The number of hydrogen-bond donors (Lipinski definition) is 2. The minimum atomic E-state index is -0.488. The first-order valence-electron chi connectivity index (χ1n) is 17.0. The lowest BCUT2D eigenvalue weighted by atomic mass is 9.68. The zero-order valence-corrected chi connectivity index (χ0v) is 30.1. The molecule has 3 amide bonds. The van der Waals surface area contributed by atoms with Crippen LogP contribution in [0.4, 0.5) is 11.4 Å². The van der Waals surface area contributed by atoms with Crippen LogP contribution in [0.3, 0.4) is 0 Å². The van der Waals surface area contributed by atoms with E-state index in [2.05, 4.69) is 10.3 Å². The molecule has 3 fully saturated rings. The second-order valence-electron chi connectivity index (χ2n) is 13.2. The van der Waals surface area contributed by atoms with Crippen LogP contribution in [0.15, 0.2) is 76.6 Å². The van der Waals surface area contributed by atoms with Gasteiger partial charge in [-0.1, -0.05) is 17.4 Å². The van der Waals surface area contributed by atoms with Crippen molar-refractivity contribution in [2.75, 3.05) is 37.7 Å². The summed E-state index contributed by atoms with van der Waals surface area (Å²) in [7, 11) is 3.10. The fourth-order valence-electron chi connectivity index (χ4n) is 8.62. The monoisotopic (exact) mass is 741 g/mol. The molecule has 52 heavy (non-hydrogen) atoms. The Morgan fingerprint density at radius 1 is 0.904 bits per heavy atom. The number of aromatic nitrogens is 1. The number of esters is 1. The number of thioether (sulfide) groups is 1. The molecule has 268 valence electrons. The second kappa shape index (κ2) is 13.5. The predicted octanol–water partition coefficient (Wildman–Crippen LogP) is 5.33. The number of nitrogens with zero attached hydrogens (tertiary/aromatic N) is 1. The standard InChI is InChI=1S/C38H35N3O9S2/c1-4-49-37(45)18-5-10-21(11-6-18)41-35(43)30-23-16-24(31(30)36(41)44)32-29(23)28(33-34(51-32)40-38(46)52-33)19-7-14-25(26(15-19)48-3)50-17-27(42)39-20-8-12-22(47-2)13-9-20/h5-15,23-24,28-32H,4,16-17H2,1-3H3,(H,39,42)(H,40,46)/t23?,24?,28-,29?,30?,31?,32?/m1/s1. The highest BCUT2D eigenvalue weighted by Crippen LogP contribution is 2.68. The van der Waals surface area contributed by atoms with E-state index in [1.54, 1.807) is 80.4 Å². The highest BCUT2D eigenvalue weighted by molar-refractivity contribution is 8.00. The third-order valence-corrected chi connectivity index (χ3v) is 13.2. The fourth-order valence-corrected chi connectivity index (χ4v) is 11.5. The maximum absolute atomic E-state index is 14.2. The van der Waals surface area contributed by atoms with E-state index in [0.717, 1.165) is 21.9 Å². The van der Waals surface area contributed by atoms with Crippen LogP contribution in [-0.4, -0.2) is 61.4 Å². The number of H-pyrrole nitrogens is 1. The number of thiazole rings is 1. The average Bonchev–Trinajstić information content (AvgIpc) is 3.89. The number of nitrogens with one attached hydrogen (secondary N) is 2. The summed E-state index contributed by atoms with van der Waals surface area (Å²) in [5.41, 5.74) is 2.28. The van der Waals surface area contributed by atoms with E-state index in [1.165, 1.54) is 23.3 Å². The number of anilines is 2. The predicted molar refractivity (Wildman–Crippen MR) is 193 cm³/mol. The van der Waals surface area contributed by atoms with E-state index in [1.807, 2.05) is 12.1 Å². The summed E-state index contributed by atoms with van der Waals surface area (Å²) in [4.78, 5) is 70.9. The molecule has 12 nitrogen and oxygen atoms in total. The maximum Gasteiger partial charge on any atom is 0.338 e. The molecule has 8 rings (SSSR count). The van der Waals surface area contributed by atoms with E-state index < -0.39 is 17.8 Å². The molecule has 1 saturated heterocycles. The number of fused-ring (bicyclic) bond motifs is 9. The average molecular weight is 742 g/mol. The molecule has 7 atom stereocenters. The summed E-state index contributed by atoms with van der Waals surface area (Å²) >= 11 is 2.78. The Morgan fingerprint density at radius 2 is 1.63 bits per heavy atom. The molecule has 2 aliphatic heterocycles. The van der Waals surface area contributed by atoms with Crippen LogP contribution in [0.1, 0.15) is 40.1 Å². The number of imide groups is 1. The van der Waals surface area contributed by atoms with E-state index in [0.29, 0.717) is 34.2 Å². The van der Waals surface area contributed by atoms with Gasteiger partial charge in [0.2, 0.25) is 11.8 Å². The molecule has 4 aromatic rings. The van der Waals surface area contributed by atoms with Gasteiger partial charge in [-0.3, -0.25) is 24.1 Å². The molecule has 4 aliphatic rings.